The molecule has 4 heteroatoms. The van der Waals surface area contributed by atoms with Crippen molar-refractivity contribution in [3.8, 4) is 0 Å². The lowest BCUT2D eigenvalue weighted by atomic mass is 9.85. The average molecular weight is 346 g/mol. The van der Waals surface area contributed by atoms with Gasteiger partial charge in [0.1, 0.15) is 0 Å². The molecule has 0 heterocycles. The summed E-state index contributed by atoms with van der Waals surface area (Å²) in [6, 6.07) is 18.1. The standard InChI is InChI=1S/C17H20BrN3/c1-17(2,13-8-10-14(18)11-9-13)12-20-16(19)21-15-6-4-3-5-7-15/h3-11H,12H2,1-2H3,(H3,19,20,21). The molecular weight excluding hydrogens is 326 g/mol. The van der Waals surface area contributed by atoms with Crippen molar-refractivity contribution in [3.63, 3.8) is 0 Å². The highest BCUT2D eigenvalue weighted by Crippen LogP contribution is 2.25. The molecule has 0 amide bonds. The topological polar surface area (TPSA) is 50.4 Å². The summed E-state index contributed by atoms with van der Waals surface area (Å²) in [7, 11) is 0. The van der Waals surface area contributed by atoms with Gasteiger partial charge in [-0.05, 0) is 29.8 Å². The van der Waals surface area contributed by atoms with Gasteiger partial charge in [-0.2, -0.15) is 0 Å². The number of nitrogens with zero attached hydrogens (tertiary/aromatic N) is 1. The van der Waals surface area contributed by atoms with Crippen LogP contribution in [0, 0.1) is 0 Å². The van der Waals surface area contributed by atoms with E-state index in [1.54, 1.807) is 0 Å². The maximum Gasteiger partial charge on any atom is 0.193 e. The van der Waals surface area contributed by atoms with Crippen LogP contribution < -0.4 is 11.1 Å². The molecule has 21 heavy (non-hydrogen) atoms. The molecule has 2 aromatic carbocycles. The van der Waals surface area contributed by atoms with Gasteiger partial charge in [-0.3, -0.25) is 4.99 Å². The van der Waals surface area contributed by atoms with E-state index in [-0.39, 0.29) is 5.41 Å². The van der Waals surface area contributed by atoms with Crippen molar-refractivity contribution in [2.75, 3.05) is 11.9 Å². The lowest BCUT2D eigenvalue weighted by molar-refractivity contribution is 0.540. The van der Waals surface area contributed by atoms with Gasteiger partial charge in [0.2, 0.25) is 0 Å². The van der Waals surface area contributed by atoms with E-state index in [9.17, 15) is 0 Å². The lowest BCUT2D eigenvalue weighted by Gasteiger charge is -2.23. The summed E-state index contributed by atoms with van der Waals surface area (Å²) in [5, 5.41) is 3.10. The molecule has 0 spiro atoms. The van der Waals surface area contributed by atoms with Crippen molar-refractivity contribution in [2.45, 2.75) is 19.3 Å². The molecule has 0 saturated heterocycles. The Bertz CT molecular complexity index is 604. The summed E-state index contributed by atoms with van der Waals surface area (Å²) in [5.74, 6) is 0.436. The molecule has 0 aliphatic rings. The predicted octanol–water partition coefficient (Wildman–Crippen LogP) is 4.15. The van der Waals surface area contributed by atoms with Gasteiger partial charge in [0, 0.05) is 15.6 Å². The first kappa shape index (κ1) is 15.6. The third-order valence-electron chi connectivity index (χ3n) is 3.32. The lowest BCUT2D eigenvalue weighted by Crippen LogP contribution is -2.27. The van der Waals surface area contributed by atoms with Crippen LogP contribution in [0.3, 0.4) is 0 Å². The zero-order valence-corrected chi connectivity index (χ0v) is 13.9. The van der Waals surface area contributed by atoms with E-state index >= 15 is 0 Å². The van der Waals surface area contributed by atoms with Gasteiger partial charge in [0.15, 0.2) is 5.96 Å². The number of rotatable bonds is 4. The Morgan fingerprint density at radius 1 is 1.10 bits per heavy atom. The van der Waals surface area contributed by atoms with Crippen molar-refractivity contribution in [2.24, 2.45) is 10.7 Å². The molecule has 0 unspecified atom stereocenters. The zero-order valence-electron chi connectivity index (χ0n) is 12.3. The highest BCUT2D eigenvalue weighted by molar-refractivity contribution is 9.10. The Kier molecular flexibility index (Phi) is 5.02. The molecule has 2 aromatic rings. The first-order chi connectivity index (χ1) is 9.97. The highest BCUT2D eigenvalue weighted by atomic mass is 79.9. The number of para-hydroxylation sites is 1. The Morgan fingerprint density at radius 2 is 1.71 bits per heavy atom. The molecule has 3 N–H and O–H groups in total. The van der Waals surface area contributed by atoms with Gasteiger partial charge < -0.3 is 11.1 Å². The molecule has 0 fully saturated rings. The summed E-state index contributed by atoms with van der Waals surface area (Å²) in [5.41, 5.74) is 8.06. The van der Waals surface area contributed by atoms with E-state index in [0.717, 1.165) is 10.2 Å². The number of hydrogen-bond acceptors (Lipinski definition) is 1. The largest absolute Gasteiger partial charge is 0.370 e. The van der Waals surface area contributed by atoms with Crippen LogP contribution in [-0.4, -0.2) is 12.5 Å². The summed E-state index contributed by atoms with van der Waals surface area (Å²) < 4.78 is 1.08. The van der Waals surface area contributed by atoms with Gasteiger partial charge in [-0.15, -0.1) is 0 Å². The van der Waals surface area contributed by atoms with E-state index in [2.05, 4.69) is 52.2 Å². The van der Waals surface area contributed by atoms with Crippen LogP contribution in [0.15, 0.2) is 64.1 Å². The number of nitrogens with one attached hydrogen (secondary N) is 1. The van der Waals surface area contributed by atoms with E-state index in [0.29, 0.717) is 12.5 Å². The molecule has 0 atom stereocenters. The van der Waals surface area contributed by atoms with Gasteiger partial charge in [0.25, 0.3) is 0 Å². The fraction of sp³-hybridized carbons (Fsp3) is 0.235. The van der Waals surface area contributed by atoms with Crippen LogP contribution in [0.5, 0.6) is 0 Å². The second kappa shape index (κ2) is 6.76. The zero-order chi connectivity index (χ0) is 15.3. The minimum absolute atomic E-state index is 0.0658. The van der Waals surface area contributed by atoms with Crippen LogP contribution in [-0.2, 0) is 5.41 Å². The minimum atomic E-state index is -0.0658. The summed E-state index contributed by atoms with van der Waals surface area (Å²) in [4.78, 5) is 4.46. The van der Waals surface area contributed by atoms with Crippen molar-refractivity contribution < 1.29 is 0 Å². The van der Waals surface area contributed by atoms with E-state index in [4.69, 9.17) is 5.73 Å². The molecule has 110 valence electrons. The number of guanidine groups is 1. The summed E-state index contributed by atoms with van der Waals surface area (Å²) in [6.07, 6.45) is 0. The van der Waals surface area contributed by atoms with Crippen molar-refractivity contribution >= 4 is 27.6 Å². The monoisotopic (exact) mass is 345 g/mol. The fourth-order valence-electron chi connectivity index (χ4n) is 1.98. The average Bonchev–Trinajstić information content (AvgIpc) is 2.47. The molecule has 0 aliphatic heterocycles. The molecule has 0 radical (unpaired) electrons. The Labute approximate surface area is 134 Å². The van der Waals surface area contributed by atoms with Crippen LogP contribution in [0.25, 0.3) is 0 Å². The van der Waals surface area contributed by atoms with Gasteiger partial charge in [-0.1, -0.05) is 60.1 Å². The van der Waals surface area contributed by atoms with Gasteiger partial charge in [-0.25, -0.2) is 0 Å². The van der Waals surface area contributed by atoms with Gasteiger partial charge >= 0.3 is 0 Å². The molecule has 2 rings (SSSR count). The smallest absolute Gasteiger partial charge is 0.193 e. The van der Waals surface area contributed by atoms with Crippen LogP contribution >= 0.6 is 15.9 Å². The van der Waals surface area contributed by atoms with Crippen LogP contribution in [0.2, 0.25) is 0 Å². The highest BCUT2D eigenvalue weighted by Gasteiger charge is 2.20. The molecule has 0 saturated carbocycles. The SMILES string of the molecule is CC(C)(CN=C(N)Nc1ccccc1)c1ccc(Br)cc1. The fourth-order valence-corrected chi connectivity index (χ4v) is 2.25. The predicted molar refractivity (Wildman–Crippen MR) is 93.7 cm³/mol. The number of benzene rings is 2. The molecule has 0 bridgehead atoms. The summed E-state index contributed by atoms with van der Waals surface area (Å²) in [6.45, 7) is 4.95. The second-order valence-corrected chi connectivity index (χ2v) is 6.50. The Hall–Kier alpha value is -1.81. The van der Waals surface area contributed by atoms with Crippen molar-refractivity contribution in [1.82, 2.24) is 0 Å². The maximum atomic E-state index is 5.95. The van der Waals surface area contributed by atoms with Crippen LogP contribution in [0.1, 0.15) is 19.4 Å². The molecule has 3 nitrogen and oxygen atoms in total. The van der Waals surface area contributed by atoms with Crippen LogP contribution in [0.4, 0.5) is 5.69 Å². The Morgan fingerprint density at radius 3 is 2.33 bits per heavy atom. The number of nitrogens with two attached hydrogens (primary N) is 1. The third-order valence-corrected chi connectivity index (χ3v) is 3.85. The molecule has 0 aromatic heterocycles. The molecule has 0 aliphatic carbocycles. The number of hydrogen-bond donors (Lipinski definition) is 2. The number of aliphatic imine (C=N–C) groups is 1. The number of halogens is 1. The number of anilines is 1. The quantitative estimate of drug-likeness (QED) is 0.645. The van der Waals surface area contributed by atoms with E-state index in [1.165, 1.54) is 5.56 Å². The van der Waals surface area contributed by atoms with Crippen molar-refractivity contribution in [3.05, 3.63) is 64.6 Å². The maximum absolute atomic E-state index is 5.95. The third kappa shape index (κ3) is 4.60. The first-order valence-electron chi connectivity index (χ1n) is 6.85. The van der Waals surface area contributed by atoms with Gasteiger partial charge in [0.05, 0.1) is 6.54 Å². The first-order valence-corrected chi connectivity index (χ1v) is 7.65. The van der Waals surface area contributed by atoms with E-state index in [1.807, 2.05) is 42.5 Å². The van der Waals surface area contributed by atoms with E-state index < -0.39 is 0 Å². The second-order valence-electron chi connectivity index (χ2n) is 5.58. The summed E-state index contributed by atoms with van der Waals surface area (Å²) >= 11 is 3.45. The normalized spacial score (nSPS) is 12.2. The van der Waals surface area contributed by atoms with Crippen molar-refractivity contribution in [1.29, 1.82) is 0 Å². The minimum Gasteiger partial charge on any atom is -0.370 e. The molecular formula is C17H20BrN3. The Balaban J connectivity index is 2.02.